The van der Waals surface area contributed by atoms with Crippen LogP contribution in [0.15, 0.2) is 29.3 Å². The summed E-state index contributed by atoms with van der Waals surface area (Å²) < 4.78 is 5.37. The molecule has 2 N–H and O–H groups in total. The van der Waals surface area contributed by atoms with Crippen LogP contribution in [-0.4, -0.2) is 26.7 Å². The largest absolute Gasteiger partial charge is 0.496 e. The zero-order valence-corrected chi connectivity index (χ0v) is 13.4. The molecule has 0 amide bonds. The predicted molar refractivity (Wildman–Crippen MR) is 87.8 cm³/mol. The second kappa shape index (κ2) is 7.34. The van der Waals surface area contributed by atoms with Crippen LogP contribution in [0.2, 0.25) is 0 Å². The van der Waals surface area contributed by atoms with Gasteiger partial charge in [0.1, 0.15) is 5.75 Å². The van der Waals surface area contributed by atoms with Gasteiger partial charge in [-0.2, -0.15) is 0 Å². The number of benzene rings is 1. The van der Waals surface area contributed by atoms with Crippen LogP contribution in [0.25, 0.3) is 0 Å². The second-order valence-electron chi connectivity index (χ2n) is 6.11. The number of hydrogen-bond acceptors (Lipinski definition) is 2. The number of nitrogens with zero attached hydrogens (tertiary/aromatic N) is 1. The van der Waals surface area contributed by atoms with Crippen LogP contribution in [0.1, 0.15) is 38.2 Å². The van der Waals surface area contributed by atoms with E-state index in [9.17, 15) is 0 Å². The first-order valence-corrected chi connectivity index (χ1v) is 7.73. The second-order valence-corrected chi connectivity index (χ2v) is 6.11. The van der Waals surface area contributed by atoms with Crippen LogP contribution < -0.4 is 15.4 Å². The normalized spacial score (nSPS) is 17.6. The fourth-order valence-corrected chi connectivity index (χ4v) is 2.95. The maximum Gasteiger partial charge on any atom is 0.191 e. The Balaban J connectivity index is 1.85. The van der Waals surface area contributed by atoms with Gasteiger partial charge in [-0.05, 0) is 24.3 Å². The quantitative estimate of drug-likeness (QED) is 0.647. The van der Waals surface area contributed by atoms with E-state index in [1.165, 1.54) is 25.7 Å². The average Bonchev–Trinajstić information content (AvgIpc) is 2.95. The SMILES string of the molecule is CN=C(NCc1ccccc1OC)NCC1(C)CCCC1. The van der Waals surface area contributed by atoms with Crippen LogP contribution in [0.5, 0.6) is 5.75 Å². The molecule has 1 aliphatic carbocycles. The molecule has 0 aliphatic heterocycles. The molecule has 1 aliphatic rings. The van der Waals surface area contributed by atoms with Crippen LogP contribution in [0.4, 0.5) is 0 Å². The van der Waals surface area contributed by atoms with Crippen molar-refractivity contribution in [3.05, 3.63) is 29.8 Å². The molecule has 0 aromatic heterocycles. The first-order valence-electron chi connectivity index (χ1n) is 7.73. The number of guanidine groups is 1. The van der Waals surface area contributed by atoms with Crippen molar-refractivity contribution in [2.75, 3.05) is 20.7 Å². The van der Waals surface area contributed by atoms with Gasteiger partial charge in [-0.15, -0.1) is 0 Å². The summed E-state index contributed by atoms with van der Waals surface area (Å²) in [5.74, 6) is 1.76. The molecule has 1 aromatic rings. The highest BCUT2D eigenvalue weighted by Gasteiger charge is 2.28. The number of nitrogens with one attached hydrogen (secondary N) is 2. The summed E-state index contributed by atoms with van der Waals surface area (Å²) in [5, 5.41) is 6.82. The molecule has 0 atom stereocenters. The number of methoxy groups -OCH3 is 1. The summed E-state index contributed by atoms with van der Waals surface area (Å²) >= 11 is 0. The molecule has 0 heterocycles. The number of aliphatic imine (C=N–C) groups is 1. The minimum absolute atomic E-state index is 0.419. The Bertz CT molecular complexity index is 479. The van der Waals surface area contributed by atoms with Crippen LogP contribution >= 0.6 is 0 Å². The molecular formula is C17H27N3O. The lowest BCUT2D eigenvalue weighted by Gasteiger charge is -2.25. The average molecular weight is 289 g/mol. The molecule has 4 nitrogen and oxygen atoms in total. The summed E-state index contributed by atoms with van der Waals surface area (Å²) in [7, 11) is 3.52. The molecule has 21 heavy (non-hydrogen) atoms. The van der Waals surface area contributed by atoms with Crippen molar-refractivity contribution < 1.29 is 4.74 Å². The fraction of sp³-hybridized carbons (Fsp3) is 0.588. The van der Waals surface area contributed by atoms with Gasteiger partial charge in [-0.1, -0.05) is 38.0 Å². The molecule has 4 heteroatoms. The highest BCUT2D eigenvalue weighted by atomic mass is 16.5. The van der Waals surface area contributed by atoms with E-state index >= 15 is 0 Å². The van der Waals surface area contributed by atoms with Gasteiger partial charge >= 0.3 is 0 Å². The molecule has 1 fully saturated rings. The zero-order valence-electron chi connectivity index (χ0n) is 13.4. The van der Waals surface area contributed by atoms with Crippen molar-refractivity contribution >= 4 is 5.96 Å². The van der Waals surface area contributed by atoms with Crippen LogP contribution in [-0.2, 0) is 6.54 Å². The number of rotatable bonds is 5. The third kappa shape index (κ3) is 4.38. The van der Waals surface area contributed by atoms with Gasteiger partial charge in [0.2, 0.25) is 0 Å². The van der Waals surface area contributed by atoms with Gasteiger partial charge in [0.25, 0.3) is 0 Å². The molecule has 0 saturated heterocycles. The minimum atomic E-state index is 0.419. The molecule has 0 bridgehead atoms. The predicted octanol–water partition coefficient (Wildman–Crippen LogP) is 2.94. The lowest BCUT2D eigenvalue weighted by Crippen LogP contribution is -2.41. The van der Waals surface area contributed by atoms with Gasteiger partial charge in [0.05, 0.1) is 7.11 Å². The monoisotopic (exact) mass is 289 g/mol. The lowest BCUT2D eigenvalue weighted by molar-refractivity contribution is 0.334. The van der Waals surface area contributed by atoms with Crippen molar-refractivity contribution in [1.29, 1.82) is 0 Å². The summed E-state index contributed by atoms with van der Waals surface area (Å²) in [6.45, 7) is 4.06. The summed E-state index contributed by atoms with van der Waals surface area (Å²) in [6.07, 6.45) is 5.32. The molecule has 0 radical (unpaired) electrons. The van der Waals surface area contributed by atoms with Crippen LogP contribution in [0.3, 0.4) is 0 Å². The van der Waals surface area contributed by atoms with Gasteiger partial charge in [0.15, 0.2) is 5.96 Å². The molecule has 0 unspecified atom stereocenters. The van der Waals surface area contributed by atoms with E-state index in [-0.39, 0.29) is 0 Å². The van der Waals surface area contributed by atoms with Crippen molar-refractivity contribution in [1.82, 2.24) is 10.6 Å². The first kappa shape index (κ1) is 15.7. The minimum Gasteiger partial charge on any atom is -0.496 e. The number of ether oxygens (including phenoxy) is 1. The third-order valence-electron chi connectivity index (χ3n) is 4.36. The van der Waals surface area contributed by atoms with Crippen molar-refractivity contribution in [3.8, 4) is 5.75 Å². The Labute approximate surface area is 128 Å². The molecule has 2 rings (SSSR count). The highest BCUT2D eigenvalue weighted by Crippen LogP contribution is 2.36. The maximum absolute atomic E-state index is 5.37. The van der Waals surface area contributed by atoms with E-state index < -0.39 is 0 Å². The summed E-state index contributed by atoms with van der Waals surface area (Å²) in [4.78, 5) is 4.30. The first-order chi connectivity index (χ1) is 10.2. The Hall–Kier alpha value is -1.71. The third-order valence-corrected chi connectivity index (χ3v) is 4.36. The molecule has 1 aromatic carbocycles. The van der Waals surface area contributed by atoms with Gasteiger partial charge < -0.3 is 15.4 Å². The smallest absolute Gasteiger partial charge is 0.191 e. The Morgan fingerprint density at radius 1 is 1.24 bits per heavy atom. The number of hydrogen-bond donors (Lipinski definition) is 2. The zero-order chi connectivity index (χ0) is 15.1. The summed E-state index contributed by atoms with van der Waals surface area (Å²) in [6, 6.07) is 8.05. The molecular weight excluding hydrogens is 262 g/mol. The van der Waals surface area contributed by atoms with Gasteiger partial charge in [-0.25, -0.2) is 0 Å². The Kier molecular flexibility index (Phi) is 5.48. The van der Waals surface area contributed by atoms with E-state index in [0.717, 1.165) is 23.8 Å². The fourth-order valence-electron chi connectivity index (χ4n) is 2.95. The lowest BCUT2D eigenvalue weighted by atomic mass is 9.89. The Morgan fingerprint density at radius 2 is 1.95 bits per heavy atom. The highest BCUT2D eigenvalue weighted by molar-refractivity contribution is 5.79. The topological polar surface area (TPSA) is 45.7 Å². The maximum atomic E-state index is 5.37. The molecule has 0 spiro atoms. The standard InChI is InChI=1S/C17H27N3O/c1-17(10-6-7-11-17)13-20-16(18-2)19-12-14-8-4-5-9-15(14)21-3/h4-5,8-9H,6-7,10-13H2,1-3H3,(H2,18,19,20). The van der Waals surface area contributed by atoms with Crippen molar-refractivity contribution in [2.45, 2.75) is 39.2 Å². The van der Waals surface area contributed by atoms with Crippen LogP contribution in [0, 0.1) is 5.41 Å². The van der Waals surface area contributed by atoms with E-state index in [1.54, 1.807) is 7.11 Å². The van der Waals surface area contributed by atoms with Crippen molar-refractivity contribution in [2.24, 2.45) is 10.4 Å². The van der Waals surface area contributed by atoms with E-state index in [4.69, 9.17) is 4.74 Å². The van der Waals surface area contributed by atoms with Gasteiger partial charge in [-0.3, -0.25) is 4.99 Å². The van der Waals surface area contributed by atoms with E-state index in [0.29, 0.717) is 12.0 Å². The number of para-hydroxylation sites is 1. The molecule has 116 valence electrons. The Morgan fingerprint density at radius 3 is 2.62 bits per heavy atom. The van der Waals surface area contributed by atoms with E-state index in [2.05, 4.69) is 28.6 Å². The van der Waals surface area contributed by atoms with Gasteiger partial charge in [0, 0.05) is 25.7 Å². The van der Waals surface area contributed by atoms with E-state index in [1.807, 2.05) is 25.2 Å². The van der Waals surface area contributed by atoms with Crippen molar-refractivity contribution in [3.63, 3.8) is 0 Å². The molecule has 1 saturated carbocycles. The summed E-state index contributed by atoms with van der Waals surface area (Å²) in [5.41, 5.74) is 1.55.